The van der Waals surface area contributed by atoms with Gasteiger partial charge in [-0.25, -0.2) is 4.98 Å². The maximum absolute atomic E-state index is 12.1. The fraction of sp³-hybridized carbons (Fsp3) is 0.714. The monoisotopic (exact) mass is 266 g/mol. The lowest BCUT2D eigenvalue weighted by Crippen LogP contribution is -2.45. The summed E-state index contributed by atoms with van der Waals surface area (Å²) in [4.78, 5) is 16.1. The number of aromatic nitrogens is 2. The van der Waals surface area contributed by atoms with Crippen LogP contribution in [-0.2, 0) is 11.3 Å². The first-order valence-electron chi connectivity index (χ1n) is 7.12. The van der Waals surface area contributed by atoms with Gasteiger partial charge < -0.3 is 15.6 Å². The molecule has 5 nitrogen and oxygen atoms in total. The molecule has 1 amide bonds. The Bertz CT molecular complexity index is 349. The SMILES string of the molecule is CCC(CC)(CN)C(=O)NCCCCn1ccnc1. The third kappa shape index (κ3) is 4.35. The van der Waals surface area contributed by atoms with E-state index in [4.69, 9.17) is 5.73 Å². The fourth-order valence-electron chi connectivity index (χ4n) is 2.18. The number of hydrogen-bond acceptors (Lipinski definition) is 3. The number of nitrogens with zero attached hydrogens (tertiary/aromatic N) is 2. The van der Waals surface area contributed by atoms with Crippen LogP contribution in [0.2, 0.25) is 0 Å². The van der Waals surface area contributed by atoms with Crippen molar-refractivity contribution in [2.75, 3.05) is 13.1 Å². The van der Waals surface area contributed by atoms with Gasteiger partial charge in [0.05, 0.1) is 11.7 Å². The van der Waals surface area contributed by atoms with Crippen LogP contribution < -0.4 is 11.1 Å². The molecule has 0 aliphatic heterocycles. The van der Waals surface area contributed by atoms with Gasteiger partial charge in [0.1, 0.15) is 0 Å². The van der Waals surface area contributed by atoms with Gasteiger partial charge in [-0.3, -0.25) is 4.79 Å². The van der Waals surface area contributed by atoms with Crippen LogP contribution in [0, 0.1) is 5.41 Å². The van der Waals surface area contributed by atoms with Gasteiger partial charge in [-0.2, -0.15) is 0 Å². The van der Waals surface area contributed by atoms with Crippen molar-refractivity contribution in [3.63, 3.8) is 0 Å². The number of aryl methyl sites for hydroxylation is 1. The second kappa shape index (κ2) is 7.94. The van der Waals surface area contributed by atoms with Gasteiger partial charge in [0.15, 0.2) is 0 Å². The van der Waals surface area contributed by atoms with Gasteiger partial charge in [0.25, 0.3) is 0 Å². The van der Waals surface area contributed by atoms with E-state index < -0.39 is 0 Å². The zero-order valence-electron chi connectivity index (χ0n) is 12.1. The summed E-state index contributed by atoms with van der Waals surface area (Å²) in [6.45, 7) is 6.12. The molecule has 5 heteroatoms. The minimum absolute atomic E-state index is 0.0997. The molecule has 0 fully saturated rings. The Hall–Kier alpha value is -1.36. The second-order valence-corrected chi connectivity index (χ2v) is 4.96. The highest BCUT2D eigenvalue weighted by Gasteiger charge is 2.32. The number of unbranched alkanes of at least 4 members (excludes halogenated alkanes) is 1. The van der Waals surface area contributed by atoms with E-state index in [0.29, 0.717) is 6.54 Å². The predicted octanol–water partition coefficient (Wildman–Crippen LogP) is 1.54. The number of rotatable bonds is 9. The maximum atomic E-state index is 12.1. The molecule has 0 saturated heterocycles. The highest BCUT2D eigenvalue weighted by atomic mass is 16.2. The molecule has 1 heterocycles. The van der Waals surface area contributed by atoms with Crippen molar-refractivity contribution >= 4 is 5.91 Å². The van der Waals surface area contributed by atoms with Crippen molar-refractivity contribution in [3.05, 3.63) is 18.7 Å². The molecule has 0 radical (unpaired) electrons. The standard InChI is InChI=1S/C14H26N4O/c1-3-14(4-2,11-15)13(19)17-7-5-6-9-18-10-8-16-12-18/h8,10,12H,3-7,9,11,15H2,1-2H3,(H,17,19). The normalized spacial score (nSPS) is 11.5. The van der Waals surface area contributed by atoms with Gasteiger partial charge in [0, 0.05) is 32.0 Å². The van der Waals surface area contributed by atoms with E-state index in [0.717, 1.165) is 38.8 Å². The molecule has 1 rings (SSSR count). The van der Waals surface area contributed by atoms with Gasteiger partial charge in [-0.1, -0.05) is 13.8 Å². The summed E-state index contributed by atoms with van der Waals surface area (Å²) < 4.78 is 2.05. The molecule has 1 aromatic rings. The second-order valence-electron chi connectivity index (χ2n) is 4.96. The van der Waals surface area contributed by atoms with E-state index in [9.17, 15) is 4.79 Å². The summed E-state index contributed by atoms with van der Waals surface area (Å²) in [6.07, 6.45) is 9.13. The van der Waals surface area contributed by atoms with E-state index in [-0.39, 0.29) is 11.3 Å². The third-order valence-corrected chi connectivity index (χ3v) is 3.91. The van der Waals surface area contributed by atoms with Crippen molar-refractivity contribution in [3.8, 4) is 0 Å². The molecule has 0 bridgehead atoms. The molecule has 1 aromatic heterocycles. The maximum Gasteiger partial charge on any atom is 0.227 e. The van der Waals surface area contributed by atoms with Gasteiger partial charge in [-0.15, -0.1) is 0 Å². The summed E-state index contributed by atoms with van der Waals surface area (Å²) in [7, 11) is 0. The molecule has 0 aromatic carbocycles. The highest BCUT2D eigenvalue weighted by Crippen LogP contribution is 2.24. The lowest BCUT2D eigenvalue weighted by Gasteiger charge is -2.28. The number of carbonyl (C=O) groups is 1. The van der Waals surface area contributed by atoms with Crippen molar-refractivity contribution < 1.29 is 4.79 Å². The van der Waals surface area contributed by atoms with Crippen LogP contribution in [0.4, 0.5) is 0 Å². The Morgan fingerprint density at radius 1 is 1.37 bits per heavy atom. The van der Waals surface area contributed by atoms with E-state index in [1.807, 2.05) is 30.9 Å². The first-order valence-corrected chi connectivity index (χ1v) is 7.12. The number of carbonyl (C=O) groups excluding carboxylic acids is 1. The first-order chi connectivity index (χ1) is 9.18. The smallest absolute Gasteiger partial charge is 0.227 e. The zero-order valence-corrected chi connectivity index (χ0v) is 12.1. The Balaban J connectivity index is 2.22. The summed E-state index contributed by atoms with van der Waals surface area (Å²) in [5, 5.41) is 3.01. The van der Waals surface area contributed by atoms with Crippen molar-refractivity contribution in [1.29, 1.82) is 0 Å². The molecule has 0 atom stereocenters. The first kappa shape index (κ1) is 15.7. The van der Waals surface area contributed by atoms with Crippen LogP contribution in [0.1, 0.15) is 39.5 Å². The molecule has 0 unspecified atom stereocenters. The lowest BCUT2D eigenvalue weighted by molar-refractivity contribution is -0.131. The number of nitrogens with one attached hydrogen (secondary N) is 1. The van der Waals surface area contributed by atoms with Crippen LogP contribution in [0.5, 0.6) is 0 Å². The average Bonchev–Trinajstić information content (AvgIpc) is 2.94. The Labute approximate surface area is 115 Å². The summed E-state index contributed by atoms with van der Waals surface area (Å²) in [5.41, 5.74) is 5.37. The van der Waals surface area contributed by atoms with Gasteiger partial charge in [-0.05, 0) is 25.7 Å². The van der Waals surface area contributed by atoms with Crippen LogP contribution in [0.15, 0.2) is 18.7 Å². The average molecular weight is 266 g/mol. The zero-order chi connectivity index (χ0) is 14.1. The molecule has 19 heavy (non-hydrogen) atoms. The van der Waals surface area contributed by atoms with Gasteiger partial charge in [0.2, 0.25) is 5.91 Å². The number of amides is 1. The number of imidazole rings is 1. The van der Waals surface area contributed by atoms with Crippen LogP contribution in [0.3, 0.4) is 0 Å². The molecular formula is C14H26N4O. The Kier molecular flexibility index (Phi) is 6.56. The summed E-state index contributed by atoms with van der Waals surface area (Å²) in [5.74, 6) is 0.0997. The van der Waals surface area contributed by atoms with E-state index >= 15 is 0 Å². The Morgan fingerprint density at radius 2 is 2.11 bits per heavy atom. The largest absolute Gasteiger partial charge is 0.356 e. The van der Waals surface area contributed by atoms with E-state index in [1.54, 1.807) is 6.20 Å². The summed E-state index contributed by atoms with van der Waals surface area (Å²) >= 11 is 0. The summed E-state index contributed by atoms with van der Waals surface area (Å²) in [6, 6.07) is 0. The predicted molar refractivity (Wildman–Crippen MR) is 76.5 cm³/mol. The van der Waals surface area contributed by atoms with E-state index in [2.05, 4.69) is 10.3 Å². The van der Waals surface area contributed by atoms with Crippen molar-refractivity contribution in [1.82, 2.24) is 14.9 Å². The number of nitrogens with two attached hydrogens (primary N) is 1. The van der Waals surface area contributed by atoms with Crippen LogP contribution in [0.25, 0.3) is 0 Å². The molecule has 108 valence electrons. The van der Waals surface area contributed by atoms with Crippen LogP contribution >= 0.6 is 0 Å². The van der Waals surface area contributed by atoms with E-state index in [1.165, 1.54) is 0 Å². The van der Waals surface area contributed by atoms with Crippen LogP contribution in [-0.4, -0.2) is 28.5 Å². The fourth-order valence-corrected chi connectivity index (χ4v) is 2.18. The molecule has 0 spiro atoms. The minimum atomic E-state index is -0.385. The molecule has 0 aliphatic carbocycles. The molecule has 0 aliphatic rings. The topological polar surface area (TPSA) is 72.9 Å². The lowest BCUT2D eigenvalue weighted by atomic mass is 9.81. The molecule has 3 N–H and O–H groups in total. The van der Waals surface area contributed by atoms with Crippen molar-refractivity contribution in [2.45, 2.75) is 46.1 Å². The third-order valence-electron chi connectivity index (χ3n) is 3.91. The quantitative estimate of drug-likeness (QED) is 0.666. The number of hydrogen-bond donors (Lipinski definition) is 2. The highest BCUT2D eigenvalue weighted by molar-refractivity contribution is 5.82. The molecule has 0 saturated carbocycles. The Morgan fingerprint density at radius 3 is 2.63 bits per heavy atom. The minimum Gasteiger partial charge on any atom is -0.356 e. The van der Waals surface area contributed by atoms with Gasteiger partial charge >= 0.3 is 0 Å². The molecular weight excluding hydrogens is 240 g/mol. The van der Waals surface area contributed by atoms with Crippen molar-refractivity contribution in [2.24, 2.45) is 11.1 Å².